The van der Waals surface area contributed by atoms with Gasteiger partial charge >= 0.3 is 0 Å². The van der Waals surface area contributed by atoms with E-state index in [4.69, 9.17) is 9.47 Å². The van der Waals surface area contributed by atoms with E-state index in [1.807, 2.05) is 25.1 Å². The highest BCUT2D eigenvalue weighted by Gasteiger charge is 2.05. The molecule has 0 atom stereocenters. The number of para-hydroxylation sites is 2. The second-order valence-corrected chi connectivity index (χ2v) is 5.27. The van der Waals surface area contributed by atoms with Gasteiger partial charge in [-0.1, -0.05) is 36.4 Å². The minimum atomic E-state index is 0.578. The first kappa shape index (κ1) is 16.4. The van der Waals surface area contributed by atoms with Crippen LogP contribution in [0.5, 0.6) is 5.75 Å². The van der Waals surface area contributed by atoms with Gasteiger partial charge in [0.05, 0.1) is 6.61 Å². The Morgan fingerprint density at radius 1 is 0.909 bits per heavy atom. The van der Waals surface area contributed by atoms with Gasteiger partial charge in [0.2, 0.25) is 0 Å². The maximum Gasteiger partial charge on any atom is 0.124 e. The molecule has 0 aliphatic heterocycles. The first-order chi connectivity index (χ1) is 10.7. The Morgan fingerprint density at radius 3 is 2.36 bits per heavy atom. The Balaban J connectivity index is 2.00. The van der Waals surface area contributed by atoms with Gasteiger partial charge in [-0.15, -0.1) is 0 Å². The Hall–Kier alpha value is -2.00. The summed E-state index contributed by atoms with van der Waals surface area (Å²) in [6.07, 6.45) is 0. The van der Waals surface area contributed by atoms with E-state index in [1.54, 1.807) is 0 Å². The van der Waals surface area contributed by atoms with Gasteiger partial charge in [0.25, 0.3) is 0 Å². The highest BCUT2D eigenvalue weighted by atomic mass is 16.5. The van der Waals surface area contributed by atoms with Crippen molar-refractivity contribution in [3.8, 4) is 5.75 Å². The molecule has 2 rings (SSSR count). The Bertz CT molecular complexity index is 575. The molecule has 0 heterocycles. The van der Waals surface area contributed by atoms with E-state index < -0.39 is 0 Å². The minimum Gasteiger partial charge on any atom is -0.491 e. The maximum absolute atomic E-state index is 5.82. The fourth-order valence-electron chi connectivity index (χ4n) is 2.42. The number of rotatable bonds is 8. The molecule has 0 bridgehead atoms. The van der Waals surface area contributed by atoms with Crippen molar-refractivity contribution in [3.63, 3.8) is 0 Å². The van der Waals surface area contributed by atoms with Gasteiger partial charge in [0.15, 0.2) is 0 Å². The topological polar surface area (TPSA) is 30.5 Å². The van der Waals surface area contributed by atoms with Crippen LogP contribution in [0.1, 0.15) is 23.6 Å². The largest absolute Gasteiger partial charge is 0.491 e. The third-order valence-electron chi connectivity index (χ3n) is 3.60. The molecule has 0 saturated heterocycles. The zero-order chi connectivity index (χ0) is 15.8. The predicted molar refractivity (Wildman–Crippen MR) is 91.7 cm³/mol. The molecule has 3 nitrogen and oxygen atoms in total. The lowest BCUT2D eigenvalue weighted by Crippen LogP contribution is -2.09. The number of anilines is 1. The fraction of sp³-hybridized carbons (Fsp3) is 0.368. The van der Waals surface area contributed by atoms with Crippen LogP contribution in [0.15, 0.2) is 42.5 Å². The first-order valence-electron chi connectivity index (χ1n) is 7.81. The van der Waals surface area contributed by atoms with Crippen LogP contribution in [0.3, 0.4) is 0 Å². The van der Waals surface area contributed by atoms with Gasteiger partial charge in [0.1, 0.15) is 12.4 Å². The lowest BCUT2D eigenvalue weighted by atomic mass is 10.1. The molecule has 1 N–H and O–H groups in total. The summed E-state index contributed by atoms with van der Waals surface area (Å²) in [5, 5.41) is 3.53. The van der Waals surface area contributed by atoms with Crippen LogP contribution in [0.4, 0.5) is 5.69 Å². The molecule has 118 valence electrons. The van der Waals surface area contributed by atoms with Gasteiger partial charge in [-0.05, 0) is 38.0 Å². The van der Waals surface area contributed by atoms with Gasteiger partial charge in [-0.2, -0.15) is 0 Å². The minimum absolute atomic E-state index is 0.578. The third-order valence-corrected chi connectivity index (χ3v) is 3.60. The van der Waals surface area contributed by atoms with Crippen molar-refractivity contribution in [1.82, 2.24) is 0 Å². The summed E-state index contributed by atoms with van der Waals surface area (Å²) in [5.41, 5.74) is 4.87. The molecule has 0 fully saturated rings. The monoisotopic (exact) mass is 299 g/mol. The quantitative estimate of drug-likeness (QED) is 0.736. The van der Waals surface area contributed by atoms with E-state index in [-0.39, 0.29) is 0 Å². The highest BCUT2D eigenvalue weighted by molar-refractivity contribution is 5.57. The smallest absolute Gasteiger partial charge is 0.124 e. The fourth-order valence-corrected chi connectivity index (χ4v) is 2.42. The number of nitrogens with one attached hydrogen (secondary N) is 1. The van der Waals surface area contributed by atoms with E-state index in [0.29, 0.717) is 13.2 Å². The van der Waals surface area contributed by atoms with Crippen LogP contribution in [0.25, 0.3) is 0 Å². The van der Waals surface area contributed by atoms with Gasteiger partial charge in [-0.3, -0.25) is 0 Å². The molecule has 2 aromatic carbocycles. The summed E-state index contributed by atoms with van der Waals surface area (Å²) in [5.74, 6) is 0.918. The molecule has 0 saturated carbocycles. The molecule has 3 heteroatoms. The van der Waals surface area contributed by atoms with Crippen LogP contribution in [0, 0.1) is 13.8 Å². The molecule has 2 aromatic rings. The lowest BCUT2D eigenvalue weighted by Gasteiger charge is -2.15. The van der Waals surface area contributed by atoms with Crippen molar-refractivity contribution in [3.05, 3.63) is 59.2 Å². The molecule has 22 heavy (non-hydrogen) atoms. The number of hydrogen-bond acceptors (Lipinski definition) is 3. The number of hydrogen-bond donors (Lipinski definition) is 1. The number of aryl methyl sites for hydroxylation is 2. The zero-order valence-electron chi connectivity index (χ0n) is 13.7. The van der Waals surface area contributed by atoms with Crippen LogP contribution in [-0.4, -0.2) is 19.8 Å². The van der Waals surface area contributed by atoms with Crippen molar-refractivity contribution < 1.29 is 9.47 Å². The normalized spacial score (nSPS) is 10.5. The predicted octanol–water partition coefficient (Wildman–Crippen LogP) is 4.33. The Kier molecular flexibility index (Phi) is 6.28. The Morgan fingerprint density at radius 2 is 1.64 bits per heavy atom. The van der Waals surface area contributed by atoms with E-state index >= 15 is 0 Å². The summed E-state index contributed by atoms with van der Waals surface area (Å²) < 4.78 is 11.1. The average molecular weight is 299 g/mol. The van der Waals surface area contributed by atoms with Crippen LogP contribution < -0.4 is 10.1 Å². The molecule has 0 aliphatic carbocycles. The standard InChI is InChI=1S/C19H25NO2/c1-4-21-12-13-22-18-11-6-5-10-17(18)14-20-19-15(2)8-7-9-16(19)3/h5-11,20H,4,12-14H2,1-3H3. The van der Waals surface area contributed by atoms with Crippen molar-refractivity contribution >= 4 is 5.69 Å². The average Bonchev–Trinajstić information content (AvgIpc) is 2.52. The molecular weight excluding hydrogens is 274 g/mol. The summed E-state index contributed by atoms with van der Waals surface area (Å²) in [4.78, 5) is 0. The third kappa shape index (κ3) is 4.50. The van der Waals surface area contributed by atoms with Crippen molar-refractivity contribution in [1.29, 1.82) is 0 Å². The van der Waals surface area contributed by atoms with E-state index in [2.05, 4.69) is 43.4 Å². The summed E-state index contributed by atoms with van der Waals surface area (Å²) in [7, 11) is 0. The summed E-state index contributed by atoms with van der Waals surface area (Å²) >= 11 is 0. The van der Waals surface area contributed by atoms with Crippen LogP contribution in [-0.2, 0) is 11.3 Å². The molecule has 0 amide bonds. The van der Waals surface area contributed by atoms with E-state index in [9.17, 15) is 0 Å². The number of ether oxygens (including phenoxy) is 2. The van der Waals surface area contributed by atoms with E-state index in [1.165, 1.54) is 16.8 Å². The Labute approximate surface area is 133 Å². The summed E-state index contributed by atoms with van der Waals surface area (Å²) in [6.45, 7) is 8.90. The molecule has 0 spiro atoms. The molecule has 0 aliphatic rings. The van der Waals surface area contributed by atoms with Gasteiger partial charge in [-0.25, -0.2) is 0 Å². The summed E-state index contributed by atoms with van der Waals surface area (Å²) in [6, 6.07) is 14.5. The van der Waals surface area contributed by atoms with Gasteiger partial charge < -0.3 is 14.8 Å². The van der Waals surface area contributed by atoms with Crippen molar-refractivity contribution in [2.75, 3.05) is 25.1 Å². The van der Waals surface area contributed by atoms with Crippen LogP contribution >= 0.6 is 0 Å². The SMILES string of the molecule is CCOCCOc1ccccc1CNc1c(C)cccc1C. The van der Waals surface area contributed by atoms with Crippen LogP contribution in [0.2, 0.25) is 0 Å². The first-order valence-corrected chi connectivity index (χ1v) is 7.81. The van der Waals surface area contributed by atoms with E-state index in [0.717, 1.165) is 24.5 Å². The zero-order valence-corrected chi connectivity index (χ0v) is 13.7. The lowest BCUT2D eigenvalue weighted by molar-refractivity contribution is 0.110. The molecule has 0 unspecified atom stereocenters. The second-order valence-electron chi connectivity index (χ2n) is 5.27. The maximum atomic E-state index is 5.82. The van der Waals surface area contributed by atoms with Crippen molar-refractivity contribution in [2.45, 2.75) is 27.3 Å². The molecule has 0 radical (unpaired) electrons. The number of benzene rings is 2. The molecule has 0 aromatic heterocycles. The molecular formula is C19H25NO2. The highest BCUT2D eigenvalue weighted by Crippen LogP contribution is 2.23. The van der Waals surface area contributed by atoms with Crippen molar-refractivity contribution in [2.24, 2.45) is 0 Å². The second kappa shape index (κ2) is 8.44. The van der Waals surface area contributed by atoms with Gasteiger partial charge in [0, 0.05) is 24.4 Å².